The van der Waals surface area contributed by atoms with E-state index < -0.39 is 11.6 Å². The van der Waals surface area contributed by atoms with Crippen LogP contribution in [0.1, 0.15) is 47.4 Å². The molecule has 2 aromatic carbocycles. The molecule has 0 aliphatic carbocycles. The van der Waals surface area contributed by atoms with Gasteiger partial charge in [0.15, 0.2) is 5.69 Å². The SMILES string of the molecule is CCN(C)C(=O)c1coc(CN(Cc2ccc(F)cc2F)C(C)c2ccccc2)n1. The third-order valence-electron chi connectivity index (χ3n) is 5.15. The number of benzene rings is 2. The first-order valence-corrected chi connectivity index (χ1v) is 9.81. The van der Waals surface area contributed by atoms with Crippen molar-refractivity contribution in [2.45, 2.75) is 33.0 Å². The number of carbonyl (C=O) groups is 1. The van der Waals surface area contributed by atoms with Gasteiger partial charge in [-0.1, -0.05) is 36.4 Å². The van der Waals surface area contributed by atoms with Crippen molar-refractivity contribution in [3.05, 3.63) is 89.1 Å². The monoisotopic (exact) mass is 413 g/mol. The van der Waals surface area contributed by atoms with Gasteiger partial charge in [-0.05, 0) is 25.5 Å². The maximum atomic E-state index is 14.3. The Morgan fingerprint density at radius 2 is 1.87 bits per heavy atom. The molecule has 0 spiro atoms. The Morgan fingerprint density at radius 1 is 1.13 bits per heavy atom. The van der Waals surface area contributed by atoms with Gasteiger partial charge in [0, 0.05) is 37.8 Å². The molecule has 1 aromatic heterocycles. The molecule has 1 heterocycles. The molecule has 5 nitrogen and oxygen atoms in total. The van der Waals surface area contributed by atoms with E-state index in [1.54, 1.807) is 11.9 Å². The van der Waals surface area contributed by atoms with Crippen molar-refractivity contribution < 1.29 is 18.0 Å². The summed E-state index contributed by atoms with van der Waals surface area (Å²) in [6.07, 6.45) is 1.34. The molecule has 3 aromatic rings. The molecule has 0 aliphatic rings. The zero-order valence-corrected chi connectivity index (χ0v) is 17.3. The minimum Gasteiger partial charge on any atom is -0.447 e. The van der Waals surface area contributed by atoms with Crippen molar-refractivity contribution in [1.29, 1.82) is 0 Å². The highest BCUT2D eigenvalue weighted by Crippen LogP contribution is 2.25. The molecule has 1 atom stereocenters. The maximum absolute atomic E-state index is 14.3. The van der Waals surface area contributed by atoms with Gasteiger partial charge in [0.05, 0.1) is 6.54 Å². The van der Waals surface area contributed by atoms with Crippen LogP contribution >= 0.6 is 0 Å². The van der Waals surface area contributed by atoms with Crippen LogP contribution in [0.25, 0.3) is 0 Å². The normalized spacial score (nSPS) is 12.2. The summed E-state index contributed by atoms with van der Waals surface area (Å²) in [7, 11) is 1.69. The van der Waals surface area contributed by atoms with Crippen LogP contribution in [-0.2, 0) is 13.1 Å². The van der Waals surface area contributed by atoms with Gasteiger partial charge in [-0.3, -0.25) is 9.69 Å². The lowest BCUT2D eigenvalue weighted by Crippen LogP contribution is -2.28. The minimum atomic E-state index is -0.616. The number of hydrogen-bond acceptors (Lipinski definition) is 4. The third-order valence-corrected chi connectivity index (χ3v) is 5.15. The maximum Gasteiger partial charge on any atom is 0.275 e. The average molecular weight is 413 g/mol. The molecule has 0 radical (unpaired) electrons. The molecule has 1 unspecified atom stereocenters. The molecular formula is C23H25F2N3O2. The van der Waals surface area contributed by atoms with Gasteiger partial charge in [0.1, 0.15) is 17.9 Å². The Bertz CT molecular complexity index is 991. The number of oxazole rings is 1. The molecule has 30 heavy (non-hydrogen) atoms. The summed E-state index contributed by atoms with van der Waals surface area (Å²) >= 11 is 0. The summed E-state index contributed by atoms with van der Waals surface area (Å²) in [6.45, 7) is 4.91. The number of nitrogens with zero attached hydrogens (tertiary/aromatic N) is 3. The largest absolute Gasteiger partial charge is 0.447 e. The Hall–Kier alpha value is -3.06. The molecule has 0 aliphatic heterocycles. The Labute approximate surface area is 174 Å². The molecule has 0 N–H and O–H groups in total. The smallest absolute Gasteiger partial charge is 0.275 e. The van der Waals surface area contributed by atoms with E-state index in [-0.39, 0.29) is 30.7 Å². The van der Waals surface area contributed by atoms with E-state index in [9.17, 15) is 13.6 Å². The predicted molar refractivity (Wildman–Crippen MR) is 110 cm³/mol. The summed E-state index contributed by atoms with van der Waals surface area (Å²) in [5.41, 5.74) is 1.64. The van der Waals surface area contributed by atoms with Crippen LogP contribution in [-0.4, -0.2) is 34.3 Å². The number of aromatic nitrogens is 1. The van der Waals surface area contributed by atoms with Crippen LogP contribution < -0.4 is 0 Å². The lowest BCUT2D eigenvalue weighted by Gasteiger charge is -2.28. The second-order valence-electron chi connectivity index (χ2n) is 7.17. The van der Waals surface area contributed by atoms with E-state index >= 15 is 0 Å². The number of halogens is 2. The van der Waals surface area contributed by atoms with E-state index in [1.165, 1.54) is 18.4 Å². The molecule has 158 valence electrons. The summed E-state index contributed by atoms with van der Waals surface area (Å²) < 4.78 is 33.1. The van der Waals surface area contributed by atoms with Gasteiger partial charge in [0.2, 0.25) is 5.89 Å². The van der Waals surface area contributed by atoms with Gasteiger partial charge >= 0.3 is 0 Å². The van der Waals surface area contributed by atoms with E-state index in [1.807, 2.05) is 49.1 Å². The first-order valence-electron chi connectivity index (χ1n) is 9.81. The van der Waals surface area contributed by atoms with Gasteiger partial charge < -0.3 is 9.32 Å². The Morgan fingerprint density at radius 3 is 2.53 bits per heavy atom. The summed E-state index contributed by atoms with van der Waals surface area (Å²) in [6, 6.07) is 13.2. The summed E-state index contributed by atoms with van der Waals surface area (Å²) in [4.78, 5) is 20.1. The van der Waals surface area contributed by atoms with Gasteiger partial charge in [-0.2, -0.15) is 0 Å². The Kier molecular flexibility index (Phi) is 6.95. The van der Waals surface area contributed by atoms with Crippen molar-refractivity contribution in [1.82, 2.24) is 14.8 Å². The van der Waals surface area contributed by atoms with Crippen molar-refractivity contribution in [3.63, 3.8) is 0 Å². The van der Waals surface area contributed by atoms with E-state index in [0.29, 0.717) is 18.0 Å². The van der Waals surface area contributed by atoms with Crippen LogP contribution in [0.4, 0.5) is 8.78 Å². The van der Waals surface area contributed by atoms with E-state index in [0.717, 1.165) is 11.6 Å². The van der Waals surface area contributed by atoms with Gasteiger partial charge in [-0.25, -0.2) is 13.8 Å². The fourth-order valence-electron chi connectivity index (χ4n) is 3.14. The van der Waals surface area contributed by atoms with Crippen LogP contribution in [0.2, 0.25) is 0 Å². The first kappa shape index (κ1) is 21.6. The first-order chi connectivity index (χ1) is 14.4. The van der Waals surface area contributed by atoms with Crippen LogP contribution in [0.15, 0.2) is 59.2 Å². The van der Waals surface area contributed by atoms with Crippen molar-refractivity contribution in [2.24, 2.45) is 0 Å². The molecule has 0 saturated heterocycles. The third kappa shape index (κ3) is 5.10. The van der Waals surface area contributed by atoms with E-state index in [4.69, 9.17) is 4.42 Å². The zero-order chi connectivity index (χ0) is 21.7. The topological polar surface area (TPSA) is 49.6 Å². The second-order valence-corrected chi connectivity index (χ2v) is 7.17. The molecule has 0 bridgehead atoms. The highest BCUT2D eigenvalue weighted by Gasteiger charge is 2.22. The number of carbonyl (C=O) groups excluding carboxylic acids is 1. The van der Waals surface area contributed by atoms with Crippen LogP contribution in [0.3, 0.4) is 0 Å². The van der Waals surface area contributed by atoms with Crippen molar-refractivity contribution >= 4 is 5.91 Å². The molecule has 0 fully saturated rings. The quantitative estimate of drug-likeness (QED) is 0.532. The van der Waals surface area contributed by atoms with Gasteiger partial charge in [-0.15, -0.1) is 0 Å². The summed E-state index contributed by atoms with van der Waals surface area (Å²) in [5.74, 6) is -1.09. The number of amides is 1. The fourth-order valence-corrected chi connectivity index (χ4v) is 3.14. The lowest BCUT2D eigenvalue weighted by molar-refractivity contribution is 0.0796. The molecular weight excluding hydrogens is 388 g/mol. The zero-order valence-electron chi connectivity index (χ0n) is 17.3. The lowest BCUT2D eigenvalue weighted by atomic mass is 10.1. The van der Waals surface area contributed by atoms with Crippen LogP contribution in [0, 0.1) is 11.6 Å². The standard InChI is InChI=1S/C23H25F2N3O2/c1-4-27(3)23(29)21-15-30-22(26-21)14-28(16(2)17-8-6-5-7-9-17)13-18-10-11-19(24)12-20(18)25/h5-12,15-16H,4,13-14H2,1-3H3. The molecule has 7 heteroatoms. The average Bonchev–Trinajstić information content (AvgIpc) is 3.22. The van der Waals surface area contributed by atoms with Crippen LogP contribution in [0.5, 0.6) is 0 Å². The fraction of sp³-hybridized carbons (Fsp3) is 0.304. The second kappa shape index (κ2) is 9.63. The summed E-state index contributed by atoms with van der Waals surface area (Å²) in [5, 5.41) is 0. The van der Waals surface area contributed by atoms with Crippen molar-refractivity contribution in [3.8, 4) is 0 Å². The van der Waals surface area contributed by atoms with Crippen molar-refractivity contribution in [2.75, 3.05) is 13.6 Å². The van der Waals surface area contributed by atoms with E-state index in [2.05, 4.69) is 4.98 Å². The number of rotatable bonds is 8. The molecule has 0 saturated carbocycles. The Balaban J connectivity index is 1.86. The predicted octanol–water partition coefficient (Wildman–Crippen LogP) is 4.81. The highest BCUT2D eigenvalue weighted by atomic mass is 19.1. The molecule has 1 amide bonds. The highest BCUT2D eigenvalue weighted by molar-refractivity contribution is 5.91. The minimum absolute atomic E-state index is 0.0972. The molecule has 3 rings (SSSR count). The van der Waals surface area contributed by atoms with Gasteiger partial charge in [0.25, 0.3) is 5.91 Å². The number of hydrogen-bond donors (Lipinski definition) is 0.